The summed E-state index contributed by atoms with van der Waals surface area (Å²) in [4.78, 5) is 3.86. The average molecular weight is 1440 g/mol. The van der Waals surface area contributed by atoms with E-state index < -0.39 is 50.3 Å². The Balaban J connectivity index is 0.797. The van der Waals surface area contributed by atoms with Crippen molar-refractivity contribution in [3.63, 3.8) is 0 Å². The Labute approximate surface area is 630 Å². The van der Waals surface area contributed by atoms with Gasteiger partial charge < -0.3 is 19.3 Å². The number of hydrogen-bond donors (Lipinski definition) is 0. The van der Waals surface area contributed by atoms with Gasteiger partial charge in [-0.3, -0.25) is 0 Å². The van der Waals surface area contributed by atoms with E-state index in [-0.39, 0.29) is 23.0 Å². The highest BCUT2D eigenvalue weighted by Crippen LogP contribution is 2.66. The van der Waals surface area contributed by atoms with Crippen molar-refractivity contribution in [3.05, 3.63) is 429 Å². The Kier molecular flexibility index (Phi) is 16.1. The van der Waals surface area contributed by atoms with Crippen LogP contribution in [-0.2, 0) is 27.1 Å². The molecule has 0 saturated heterocycles. The third kappa shape index (κ3) is 11.1. The summed E-state index contributed by atoms with van der Waals surface area (Å²) in [5, 5.41) is 0. The molecule has 109 heavy (non-hydrogen) atoms. The first-order valence-electron chi connectivity index (χ1n) is 36.6. The third-order valence-electron chi connectivity index (χ3n) is 23.1. The third-order valence-corrected chi connectivity index (χ3v) is 23.1. The second-order valence-electron chi connectivity index (χ2n) is 30.5. The summed E-state index contributed by atoms with van der Waals surface area (Å²) in [6, 6.07) is 93.5. The van der Waals surface area contributed by atoms with Gasteiger partial charge in [-0.25, -0.2) is 26.3 Å². The molecular weight excluding hydrogens is 1360 g/mol. The summed E-state index contributed by atoms with van der Waals surface area (Å²) < 4.78 is 109. The molecule has 4 aliphatic rings. The van der Waals surface area contributed by atoms with Crippen LogP contribution in [0.25, 0.3) is 34.4 Å². The fourth-order valence-corrected chi connectivity index (χ4v) is 18.8. The Morgan fingerprint density at radius 2 is 0.569 bits per heavy atom. The molecule has 4 nitrogen and oxygen atoms in total. The molecule has 0 aliphatic heterocycles. The topological polar surface area (TPSA) is 24.9 Å². The summed E-state index contributed by atoms with van der Waals surface area (Å²) in [7, 11) is 0. The lowest BCUT2D eigenvalue weighted by molar-refractivity contribution is 0.349. The molecule has 4 aliphatic carbocycles. The molecule has 0 fully saturated rings. The summed E-state index contributed by atoms with van der Waals surface area (Å²) in [6.07, 6.45) is 4.90. The highest BCUT2D eigenvalue weighted by atomic mass is 19.2. The van der Waals surface area contributed by atoms with Crippen molar-refractivity contribution >= 4 is 46.3 Å². The second-order valence-corrected chi connectivity index (χ2v) is 30.5. The number of halogens is 6. The van der Waals surface area contributed by atoms with Crippen LogP contribution in [0.1, 0.15) is 118 Å². The van der Waals surface area contributed by atoms with Gasteiger partial charge in [-0.15, -0.1) is 0 Å². The van der Waals surface area contributed by atoms with E-state index in [1.165, 1.54) is 48.5 Å². The molecule has 0 heterocycles. The van der Waals surface area contributed by atoms with Crippen LogP contribution in [0.15, 0.2) is 316 Å². The molecule has 14 aromatic rings. The van der Waals surface area contributed by atoms with E-state index in [0.717, 1.165) is 112 Å². The van der Waals surface area contributed by atoms with Crippen LogP contribution in [0.4, 0.5) is 60.5 Å². The monoisotopic (exact) mass is 1430 g/mol. The van der Waals surface area contributed by atoms with Crippen molar-refractivity contribution < 1.29 is 35.8 Å². The maximum atomic E-state index is 16.3. The fourth-order valence-electron chi connectivity index (χ4n) is 18.8. The van der Waals surface area contributed by atoms with Gasteiger partial charge in [0.05, 0.1) is 22.2 Å². The molecule has 0 aromatic heterocycles. The molecule has 2 atom stereocenters. The SMILES string of the molecule is C=Cc1ccc(Oc2ccc(C3(c4ccc(F)cc4)c4ccccc4-c4ccc(N(c5cc(F)cc(F)c5)c5ccc6c(c5)C5(CC6(C)C)CC(C)(C)c6ccc(N(c7cc(F)cc(F)c7)c7ccc8c(c7)C(c7ccc(F)cc7)(c7ccc(Oc9ccc(C=C)cc9)cc7)c7ccccc7-8)cc65)cc43)cc2)cc1. The Morgan fingerprint density at radius 3 is 0.908 bits per heavy atom. The average Bonchev–Trinajstić information content (AvgIpc) is 1.57. The molecule has 532 valence electrons. The van der Waals surface area contributed by atoms with E-state index in [1.54, 1.807) is 12.2 Å². The smallest absolute Gasteiger partial charge is 0.128 e. The van der Waals surface area contributed by atoms with Gasteiger partial charge in [0.15, 0.2) is 0 Å². The van der Waals surface area contributed by atoms with Crippen LogP contribution >= 0.6 is 0 Å². The van der Waals surface area contributed by atoms with Crippen molar-refractivity contribution in [3.8, 4) is 45.3 Å². The van der Waals surface area contributed by atoms with Crippen LogP contribution in [0.3, 0.4) is 0 Å². The number of rotatable bonds is 16. The molecule has 0 bridgehead atoms. The molecule has 10 heteroatoms. The molecular formula is C99H72F6N2O2. The lowest BCUT2D eigenvalue weighted by Crippen LogP contribution is -2.29. The van der Waals surface area contributed by atoms with Gasteiger partial charge in [0.1, 0.15) is 57.9 Å². The molecule has 0 saturated carbocycles. The van der Waals surface area contributed by atoms with E-state index in [1.807, 2.05) is 180 Å². The van der Waals surface area contributed by atoms with Crippen molar-refractivity contribution in [2.24, 2.45) is 0 Å². The Morgan fingerprint density at radius 1 is 0.275 bits per heavy atom. The molecule has 18 rings (SSSR count). The normalized spacial score (nSPS) is 17.7. The quantitative estimate of drug-likeness (QED) is 0.0900. The van der Waals surface area contributed by atoms with Crippen LogP contribution in [0.5, 0.6) is 23.0 Å². The van der Waals surface area contributed by atoms with Gasteiger partial charge >= 0.3 is 0 Å². The predicted octanol–water partition coefficient (Wildman–Crippen LogP) is 26.7. The van der Waals surface area contributed by atoms with Gasteiger partial charge in [0, 0.05) is 40.3 Å². The second kappa shape index (κ2) is 25.8. The summed E-state index contributed by atoms with van der Waals surface area (Å²) in [5.41, 5.74) is 16.5. The first kappa shape index (κ1) is 68.2. The highest BCUT2D eigenvalue weighted by Gasteiger charge is 2.57. The number of anilines is 6. The van der Waals surface area contributed by atoms with Gasteiger partial charge in [-0.2, -0.15) is 0 Å². The molecule has 14 aromatic carbocycles. The minimum atomic E-state index is -1.05. The van der Waals surface area contributed by atoms with Crippen molar-refractivity contribution in [1.82, 2.24) is 0 Å². The van der Waals surface area contributed by atoms with Crippen LogP contribution in [-0.4, -0.2) is 0 Å². The van der Waals surface area contributed by atoms with E-state index in [9.17, 15) is 0 Å². The van der Waals surface area contributed by atoms with Gasteiger partial charge in [-0.1, -0.05) is 199 Å². The van der Waals surface area contributed by atoms with Crippen molar-refractivity contribution in [2.45, 2.75) is 67.6 Å². The molecule has 1 spiro atoms. The first-order valence-corrected chi connectivity index (χ1v) is 36.6. The molecule has 0 radical (unpaired) electrons. The Bertz CT molecular complexity index is 5580. The van der Waals surface area contributed by atoms with Crippen LogP contribution < -0.4 is 19.3 Å². The standard InChI is InChI=1S/C99H72F6N2O2/c1-7-61-17-37-79(38-18-61)108-81-41-25-65(26-42-81)98(63-21-29-67(100)30-22-63)87-15-11-9-13-83(87)85-45-33-73(55-91(85)98)106(77-51-69(102)49-70(103)52-77)75-35-47-89-93(57-75)97(59-95(89,3)4)60-96(5,6)90-48-36-76(58-94(90)97)107(78-53-71(104)50-72(105)54-78)74-34-46-86-84-14-10-12-16-88(84)99(92(86)56-74,64-23-31-68(101)32-24-64)66-27-43-82(44-28-66)109-80-39-19-62(8-2)20-40-80/h7-58H,1-2,59-60H2,3-6H3. The lowest BCUT2D eigenvalue weighted by atomic mass is 9.67. The van der Waals surface area contributed by atoms with E-state index >= 15 is 26.3 Å². The number of ether oxygens (including phenoxy) is 2. The number of nitrogens with zero attached hydrogens (tertiary/aromatic N) is 2. The minimum absolute atomic E-state index is 0.249. The van der Waals surface area contributed by atoms with Crippen molar-refractivity contribution in [1.29, 1.82) is 0 Å². The minimum Gasteiger partial charge on any atom is -0.457 e. The fraction of sp³-hybridized carbons (Fsp3) is 0.111. The summed E-state index contributed by atoms with van der Waals surface area (Å²) in [5.74, 6) is -1.27. The zero-order valence-electron chi connectivity index (χ0n) is 60.3. The zero-order valence-corrected chi connectivity index (χ0v) is 60.3. The zero-order chi connectivity index (χ0) is 74.9. The maximum absolute atomic E-state index is 16.3. The van der Waals surface area contributed by atoms with E-state index in [4.69, 9.17) is 9.47 Å². The van der Waals surface area contributed by atoms with E-state index in [0.29, 0.717) is 58.6 Å². The van der Waals surface area contributed by atoms with Gasteiger partial charge in [0.25, 0.3) is 0 Å². The lowest BCUT2D eigenvalue weighted by Gasteiger charge is -2.35. The predicted molar refractivity (Wildman–Crippen MR) is 426 cm³/mol. The summed E-state index contributed by atoms with van der Waals surface area (Å²) >= 11 is 0. The largest absolute Gasteiger partial charge is 0.457 e. The van der Waals surface area contributed by atoms with Crippen LogP contribution in [0.2, 0.25) is 0 Å². The maximum Gasteiger partial charge on any atom is 0.128 e. The van der Waals surface area contributed by atoms with Crippen LogP contribution in [0, 0.1) is 34.9 Å². The molecule has 2 unspecified atom stereocenters. The molecule has 0 N–H and O–H groups in total. The number of benzene rings is 14. The first-order chi connectivity index (χ1) is 52.7. The van der Waals surface area contributed by atoms with Crippen molar-refractivity contribution in [2.75, 3.05) is 9.80 Å². The van der Waals surface area contributed by atoms with Gasteiger partial charge in [0.2, 0.25) is 0 Å². The molecule has 0 amide bonds. The van der Waals surface area contributed by atoms with Gasteiger partial charge in [-0.05, 0) is 269 Å². The summed E-state index contributed by atoms with van der Waals surface area (Å²) in [6.45, 7) is 16.9. The Hall–Kier alpha value is -12.7. The number of fused-ring (bicyclic) bond motifs is 10. The number of hydrogen-bond acceptors (Lipinski definition) is 4. The van der Waals surface area contributed by atoms with E-state index in [2.05, 4.69) is 114 Å². The highest BCUT2D eigenvalue weighted by molar-refractivity contribution is 5.92.